The van der Waals surface area contributed by atoms with Crippen LogP contribution in [0.4, 0.5) is 0 Å². The Morgan fingerprint density at radius 3 is 1.81 bits per heavy atom. The maximum atomic E-state index is 12.3. The SMILES string of the molecule is CC(=O)OC[C@H]1O[C@](O)(c2ccc(Cl)c(O[Si](C(C)C)(C(C)C)C(C)C)c2)[C@H](OC(C)=O)[C@@H](OC(C)=O)[C@@H]1OC(C)=O. The lowest BCUT2D eigenvalue weighted by Crippen LogP contribution is -2.66. The van der Waals surface area contributed by atoms with E-state index in [1.54, 1.807) is 0 Å². The smallest absolute Gasteiger partial charge is 0.303 e. The van der Waals surface area contributed by atoms with E-state index in [1.165, 1.54) is 18.2 Å². The molecule has 0 bridgehead atoms. The van der Waals surface area contributed by atoms with Crippen molar-refractivity contribution < 1.29 is 52.4 Å². The summed E-state index contributed by atoms with van der Waals surface area (Å²) in [5.74, 6) is -5.30. The van der Waals surface area contributed by atoms with Crippen LogP contribution in [-0.2, 0) is 48.6 Å². The normalized spacial score (nSPS) is 24.4. The third-order valence-corrected chi connectivity index (χ3v) is 13.7. The fourth-order valence-corrected chi connectivity index (χ4v) is 11.3. The molecule has 1 saturated heterocycles. The van der Waals surface area contributed by atoms with E-state index in [1.807, 2.05) is 0 Å². The molecular weight excluding hydrogens is 588 g/mol. The molecule has 1 fully saturated rings. The van der Waals surface area contributed by atoms with Gasteiger partial charge < -0.3 is 33.2 Å². The van der Waals surface area contributed by atoms with Crippen molar-refractivity contribution in [3.05, 3.63) is 28.8 Å². The number of carbonyl (C=O) groups excluding carboxylic acids is 4. The zero-order chi connectivity index (χ0) is 32.2. The Hall–Kier alpha value is -2.67. The van der Waals surface area contributed by atoms with Crippen molar-refractivity contribution in [3.8, 4) is 5.75 Å². The highest BCUT2D eigenvalue weighted by molar-refractivity contribution is 6.78. The number of aliphatic hydroxyl groups is 1. The van der Waals surface area contributed by atoms with Crippen molar-refractivity contribution >= 4 is 43.8 Å². The average molecular weight is 631 g/mol. The van der Waals surface area contributed by atoms with Gasteiger partial charge in [0.15, 0.2) is 12.2 Å². The molecular formula is C29H43ClO11Si. The average Bonchev–Trinajstić information content (AvgIpc) is 2.84. The second-order valence-electron chi connectivity index (χ2n) is 11.4. The quantitative estimate of drug-likeness (QED) is 0.205. The van der Waals surface area contributed by atoms with Gasteiger partial charge in [-0.3, -0.25) is 19.2 Å². The molecule has 42 heavy (non-hydrogen) atoms. The summed E-state index contributed by atoms with van der Waals surface area (Å²) < 4.78 is 34.3. The first-order valence-electron chi connectivity index (χ1n) is 13.9. The van der Waals surface area contributed by atoms with Gasteiger partial charge in [-0.15, -0.1) is 0 Å². The number of benzene rings is 1. The lowest BCUT2D eigenvalue weighted by Gasteiger charge is -2.49. The van der Waals surface area contributed by atoms with E-state index in [-0.39, 0.29) is 27.2 Å². The predicted octanol–water partition coefficient (Wildman–Crippen LogP) is 4.80. The van der Waals surface area contributed by atoms with Crippen LogP contribution in [0, 0.1) is 0 Å². The van der Waals surface area contributed by atoms with Crippen LogP contribution in [0.5, 0.6) is 5.75 Å². The first kappa shape index (κ1) is 35.5. The molecule has 0 saturated carbocycles. The van der Waals surface area contributed by atoms with Crippen LogP contribution in [0.25, 0.3) is 0 Å². The Labute approximate surface area is 253 Å². The van der Waals surface area contributed by atoms with Crippen molar-refractivity contribution in [3.63, 3.8) is 0 Å². The monoisotopic (exact) mass is 630 g/mol. The summed E-state index contributed by atoms with van der Waals surface area (Å²) in [5, 5.41) is 12.5. The number of esters is 4. The molecule has 0 amide bonds. The maximum absolute atomic E-state index is 12.3. The Kier molecular flexibility index (Phi) is 12.0. The lowest BCUT2D eigenvalue weighted by atomic mass is 9.87. The highest BCUT2D eigenvalue weighted by atomic mass is 35.5. The van der Waals surface area contributed by atoms with Gasteiger partial charge in [-0.1, -0.05) is 59.2 Å². The van der Waals surface area contributed by atoms with Crippen LogP contribution in [0.15, 0.2) is 18.2 Å². The number of carbonyl (C=O) groups is 4. The van der Waals surface area contributed by atoms with Gasteiger partial charge in [0.2, 0.25) is 11.9 Å². The van der Waals surface area contributed by atoms with E-state index >= 15 is 0 Å². The summed E-state index contributed by atoms with van der Waals surface area (Å²) in [6, 6.07) is 4.46. The number of hydrogen-bond donors (Lipinski definition) is 1. The van der Waals surface area contributed by atoms with E-state index in [0.717, 1.165) is 27.7 Å². The van der Waals surface area contributed by atoms with E-state index in [2.05, 4.69) is 41.5 Å². The highest BCUT2D eigenvalue weighted by Gasteiger charge is 2.60. The van der Waals surface area contributed by atoms with Gasteiger partial charge >= 0.3 is 23.9 Å². The summed E-state index contributed by atoms with van der Waals surface area (Å²) in [5.41, 5.74) is 0.654. The number of ether oxygens (including phenoxy) is 5. The molecule has 1 aliphatic rings. The van der Waals surface area contributed by atoms with E-state index in [9.17, 15) is 24.3 Å². The molecule has 0 aliphatic carbocycles. The number of rotatable bonds is 11. The van der Waals surface area contributed by atoms with Crippen LogP contribution in [0.3, 0.4) is 0 Å². The Balaban J connectivity index is 2.79. The van der Waals surface area contributed by atoms with Crippen molar-refractivity contribution in [1.82, 2.24) is 0 Å². The van der Waals surface area contributed by atoms with E-state index < -0.39 is 69.0 Å². The highest BCUT2D eigenvalue weighted by Crippen LogP contribution is 2.47. The van der Waals surface area contributed by atoms with Crippen LogP contribution < -0.4 is 4.43 Å². The molecule has 1 aromatic carbocycles. The fourth-order valence-electron chi connectivity index (χ4n) is 5.86. The Bertz CT molecular complexity index is 1130. The zero-order valence-electron chi connectivity index (χ0n) is 25.9. The molecule has 0 spiro atoms. The summed E-state index contributed by atoms with van der Waals surface area (Å²) in [6.45, 7) is 16.6. The largest absolute Gasteiger partial charge is 0.542 e. The second kappa shape index (κ2) is 14.2. The minimum Gasteiger partial charge on any atom is -0.542 e. The molecule has 0 radical (unpaired) electrons. The van der Waals surface area contributed by atoms with Crippen LogP contribution in [-0.4, -0.2) is 68.3 Å². The van der Waals surface area contributed by atoms with Gasteiger partial charge in [0.1, 0.15) is 18.5 Å². The van der Waals surface area contributed by atoms with E-state index in [0.29, 0.717) is 5.75 Å². The van der Waals surface area contributed by atoms with Crippen LogP contribution >= 0.6 is 11.6 Å². The number of hydrogen-bond acceptors (Lipinski definition) is 11. The topological polar surface area (TPSA) is 144 Å². The van der Waals surface area contributed by atoms with Gasteiger partial charge in [-0.2, -0.15) is 0 Å². The molecule has 1 aromatic rings. The first-order chi connectivity index (χ1) is 19.4. The fraction of sp³-hybridized carbons (Fsp3) is 0.655. The van der Waals surface area contributed by atoms with Crippen molar-refractivity contribution in [2.45, 2.75) is 116 Å². The molecule has 1 aliphatic heterocycles. The Morgan fingerprint density at radius 2 is 1.36 bits per heavy atom. The maximum Gasteiger partial charge on any atom is 0.303 e. The van der Waals surface area contributed by atoms with Gasteiger partial charge in [0.25, 0.3) is 8.32 Å². The minimum atomic E-state index is -2.52. The summed E-state index contributed by atoms with van der Waals surface area (Å²) in [4.78, 5) is 48.2. The molecule has 1 N–H and O–H groups in total. The van der Waals surface area contributed by atoms with Crippen LogP contribution in [0.1, 0.15) is 74.8 Å². The molecule has 1 heterocycles. The molecule has 11 nitrogen and oxygen atoms in total. The van der Waals surface area contributed by atoms with E-state index in [4.69, 9.17) is 39.7 Å². The summed E-state index contributed by atoms with van der Waals surface area (Å²) >= 11 is 6.62. The van der Waals surface area contributed by atoms with Crippen molar-refractivity contribution in [2.75, 3.05) is 6.61 Å². The van der Waals surface area contributed by atoms with Gasteiger partial charge in [-0.25, -0.2) is 0 Å². The summed E-state index contributed by atoms with van der Waals surface area (Å²) in [6.07, 6.45) is -6.02. The van der Waals surface area contributed by atoms with Crippen molar-refractivity contribution in [2.24, 2.45) is 0 Å². The van der Waals surface area contributed by atoms with Gasteiger partial charge in [0.05, 0.1) is 5.02 Å². The van der Waals surface area contributed by atoms with Crippen LogP contribution in [0.2, 0.25) is 21.6 Å². The van der Waals surface area contributed by atoms with Gasteiger partial charge in [0, 0.05) is 33.3 Å². The first-order valence-corrected chi connectivity index (χ1v) is 16.4. The molecule has 236 valence electrons. The molecule has 13 heteroatoms. The lowest BCUT2D eigenvalue weighted by molar-refractivity contribution is -0.360. The summed E-state index contributed by atoms with van der Waals surface area (Å²) in [7, 11) is -2.52. The zero-order valence-corrected chi connectivity index (χ0v) is 27.6. The third kappa shape index (κ3) is 7.83. The number of halogens is 1. The standard InChI is InChI=1S/C29H43ClO11Si/c1-15(2)42(16(3)4,17(5)6)41-24-13-22(11-12-23(24)30)29(35)28(39-21(10)34)27(38-20(9)33)26(37-19(8)32)25(40-29)14-36-18(7)31/h11-13,15-17,25-28,35H,14H2,1-10H3/t25-,26-,27+,28-,29-/m1/s1. The Morgan fingerprint density at radius 1 is 0.857 bits per heavy atom. The predicted molar refractivity (Wildman–Crippen MR) is 155 cm³/mol. The van der Waals surface area contributed by atoms with Crippen molar-refractivity contribution in [1.29, 1.82) is 0 Å². The molecule has 0 aromatic heterocycles. The second-order valence-corrected chi connectivity index (χ2v) is 17.2. The molecule has 5 atom stereocenters. The molecule has 2 rings (SSSR count). The minimum absolute atomic E-state index is 0.0542. The molecule has 0 unspecified atom stereocenters. The van der Waals surface area contributed by atoms with Gasteiger partial charge in [-0.05, 0) is 28.8 Å². The third-order valence-electron chi connectivity index (χ3n) is 7.39.